The van der Waals surface area contributed by atoms with E-state index in [1.807, 2.05) is 0 Å². The predicted molar refractivity (Wildman–Crippen MR) is 73.7 cm³/mol. The number of nitrogens with one attached hydrogen (secondary N) is 1. The first-order valence-corrected chi connectivity index (χ1v) is 7.45. The highest BCUT2D eigenvalue weighted by atomic mass is 19.3. The molecule has 0 aliphatic carbocycles. The van der Waals surface area contributed by atoms with Crippen molar-refractivity contribution in [2.75, 3.05) is 39.4 Å². The average molecular weight is 278 g/mol. The van der Waals surface area contributed by atoms with E-state index in [0.717, 1.165) is 0 Å². The van der Waals surface area contributed by atoms with E-state index in [9.17, 15) is 8.78 Å². The van der Waals surface area contributed by atoms with Crippen molar-refractivity contribution in [2.24, 2.45) is 5.92 Å². The summed E-state index contributed by atoms with van der Waals surface area (Å²) in [5, 5.41) is 3.38. The highest BCUT2D eigenvalue weighted by molar-refractivity contribution is 4.79. The van der Waals surface area contributed by atoms with Gasteiger partial charge in [-0.2, -0.15) is 0 Å². The van der Waals surface area contributed by atoms with Gasteiger partial charge < -0.3 is 15.0 Å². The molecule has 1 aliphatic heterocycles. The molecule has 114 valence electrons. The van der Waals surface area contributed by atoms with Gasteiger partial charge in [0.2, 0.25) is 0 Å². The largest absolute Gasteiger partial charge is 0.374 e. The summed E-state index contributed by atoms with van der Waals surface area (Å²) < 4.78 is 28.6. The monoisotopic (exact) mass is 278 g/mol. The summed E-state index contributed by atoms with van der Waals surface area (Å²) in [7, 11) is 0. The maximum absolute atomic E-state index is 11.9. The molecule has 1 fully saturated rings. The number of piperidine rings is 1. The molecular formula is C14H28F2N2O. The molecule has 0 bridgehead atoms. The molecule has 3 nitrogen and oxygen atoms in total. The van der Waals surface area contributed by atoms with Crippen LogP contribution in [0.25, 0.3) is 0 Å². The third-order valence-electron chi connectivity index (χ3n) is 3.84. The third-order valence-corrected chi connectivity index (χ3v) is 3.84. The lowest BCUT2D eigenvalue weighted by Crippen LogP contribution is -2.43. The molecule has 1 aliphatic rings. The number of rotatable bonds is 9. The van der Waals surface area contributed by atoms with E-state index in [2.05, 4.69) is 24.1 Å². The Morgan fingerprint density at radius 2 is 2.00 bits per heavy atom. The zero-order valence-corrected chi connectivity index (χ0v) is 12.2. The first-order valence-electron chi connectivity index (χ1n) is 7.45. The number of hydrogen-bond donors (Lipinski definition) is 1. The maximum Gasteiger partial charge on any atom is 0.261 e. The van der Waals surface area contributed by atoms with Gasteiger partial charge in [-0.05, 0) is 51.7 Å². The van der Waals surface area contributed by atoms with Crippen LogP contribution in [0.5, 0.6) is 0 Å². The van der Waals surface area contributed by atoms with Gasteiger partial charge in [0, 0.05) is 12.6 Å². The van der Waals surface area contributed by atoms with Crippen LogP contribution in [-0.4, -0.2) is 56.8 Å². The van der Waals surface area contributed by atoms with Crippen molar-refractivity contribution in [3.05, 3.63) is 0 Å². The lowest BCUT2D eigenvalue weighted by molar-refractivity contribution is 0.0176. The van der Waals surface area contributed by atoms with E-state index < -0.39 is 13.0 Å². The van der Waals surface area contributed by atoms with Crippen LogP contribution in [0.4, 0.5) is 8.78 Å². The second-order valence-corrected chi connectivity index (χ2v) is 5.39. The summed E-state index contributed by atoms with van der Waals surface area (Å²) in [6.07, 6.45) is 1.32. The Kier molecular flexibility index (Phi) is 8.50. The minimum absolute atomic E-state index is 0.364. The van der Waals surface area contributed by atoms with Crippen molar-refractivity contribution in [3.8, 4) is 0 Å². The van der Waals surface area contributed by atoms with Crippen LogP contribution in [0, 0.1) is 5.92 Å². The van der Waals surface area contributed by atoms with Gasteiger partial charge >= 0.3 is 0 Å². The van der Waals surface area contributed by atoms with E-state index in [1.54, 1.807) is 0 Å². The minimum Gasteiger partial charge on any atom is -0.374 e. The molecule has 5 heteroatoms. The molecule has 1 N–H and O–H groups in total. The van der Waals surface area contributed by atoms with Crippen LogP contribution < -0.4 is 5.32 Å². The Hall–Kier alpha value is -0.260. The highest BCUT2D eigenvalue weighted by Crippen LogP contribution is 2.20. The minimum atomic E-state index is -2.36. The lowest BCUT2D eigenvalue weighted by atomic mass is 9.90. The zero-order valence-electron chi connectivity index (χ0n) is 12.2. The molecule has 1 atom stereocenters. The maximum atomic E-state index is 11.9. The number of halogens is 2. The van der Waals surface area contributed by atoms with E-state index in [1.165, 1.54) is 38.9 Å². The van der Waals surface area contributed by atoms with Crippen LogP contribution in [0.2, 0.25) is 0 Å². The van der Waals surface area contributed by atoms with Crippen molar-refractivity contribution in [2.45, 2.75) is 45.6 Å². The summed E-state index contributed by atoms with van der Waals surface area (Å²) in [4.78, 5) is 2.52. The van der Waals surface area contributed by atoms with E-state index in [4.69, 9.17) is 4.74 Å². The molecule has 0 aromatic carbocycles. The van der Waals surface area contributed by atoms with E-state index in [-0.39, 0.29) is 0 Å². The van der Waals surface area contributed by atoms with Crippen LogP contribution >= 0.6 is 0 Å². The Bertz CT molecular complexity index is 221. The van der Waals surface area contributed by atoms with Gasteiger partial charge in [0.05, 0.1) is 6.61 Å². The topological polar surface area (TPSA) is 24.5 Å². The SMILES string of the molecule is CCCN1CCC(C(C)NCCOCC(F)F)CC1. The van der Waals surface area contributed by atoms with Gasteiger partial charge in [0.1, 0.15) is 6.61 Å². The molecule has 0 aromatic rings. The van der Waals surface area contributed by atoms with Gasteiger partial charge in [-0.3, -0.25) is 0 Å². The smallest absolute Gasteiger partial charge is 0.261 e. The second-order valence-electron chi connectivity index (χ2n) is 5.39. The lowest BCUT2D eigenvalue weighted by Gasteiger charge is -2.35. The van der Waals surface area contributed by atoms with Crippen molar-refractivity contribution in [3.63, 3.8) is 0 Å². The molecule has 1 unspecified atom stereocenters. The summed E-state index contributed by atoms with van der Waals surface area (Å²) >= 11 is 0. The number of ether oxygens (including phenoxy) is 1. The Morgan fingerprint density at radius 3 is 2.58 bits per heavy atom. The summed E-state index contributed by atoms with van der Waals surface area (Å²) in [6.45, 7) is 8.55. The Morgan fingerprint density at radius 1 is 1.32 bits per heavy atom. The molecule has 1 heterocycles. The molecule has 19 heavy (non-hydrogen) atoms. The molecule has 0 saturated carbocycles. The number of nitrogens with zero attached hydrogens (tertiary/aromatic N) is 1. The third kappa shape index (κ3) is 7.18. The number of likely N-dealkylation sites (tertiary alicyclic amines) is 1. The molecular weight excluding hydrogens is 250 g/mol. The van der Waals surface area contributed by atoms with E-state index >= 15 is 0 Å². The van der Waals surface area contributed by atoms with Crippen molar-refractivity contribution >= 4 is 0 Å². The van der Waals surface area contributed by atoms with Gasteiger partial charge in [-0.25, -0.2) is 8.78 Å². The first-order chi connectivity index (χ1) is 9.13. The van der Waals surface area contributed by atoms with E-state index in [0.29, 0.717) is 25.1 Å². The molecule has 0 aromatic heterocycles. The number of alkyl halides is 2. The van der Waals surface area contributed by atoms with Gasteiger partial charge in [-0.15, -0.1) is 0 Å². The molecule has 0 amide bonds. The van der Waals surface area contributed by atoms with Crippen molar-refractivity contribution in [1.82, 2.24) is 10.2 Å². The highest BCUT2D eigenvalue weighted by Gasteiger charge is 2.22. The van der Waals surface area contributed by atoms with Crippen molar-refractivity contribution < 1.29 is 13.5 Å². The fraction of sp³-hybridized carbons (Fsp3) is 1.00. The predicted octanol–water partition coefficient (Wildman–Crippen LogP) is 2.37. The Balaban J connectivity index is 2.05. The first kappa shape index (κ1) is 16.8. The molecule has 1 saturated heterocycles. The van der Waals surface area contributed by atoms with Gasteiger partial charge in [0.15, 0.2) is 0 Å². The normalized spacial score (nSPS) is 20.1. The van der Waals surface area contributed by atoms with Crippen LogP contribution in [-0.2, 0) is 4.74 Å². The summed E-state index contributed by atoms with van der Waals surface area (Å²) in [5.74, 6) is 0.697. The number of hydrogen-bond acceptors (Lipinski definition) is 3. The van der Waals surface area contributed by atoms with Crippen LogP contribution in [0.1, 0.15) is 33.1 Å². The average Bonchev–Trinajstić information content (AvgIpc) is 2.39. The summed E-state index contributed by atoms with van der Waals surface area (Å²) in [5.41, 5.74) is 0. The standard InChI is InChI=1S/C14H28F2N2O/c1-3-7-18-8-4-13(5-9-18)12(2)17-6-10-19-11-14(15)16/h12-14,17H,3-11H2,1-2H3. The van der Waals surface area contributed by atoms with Crippen LogP contribution in [0.3, 0.4) is 0 Å². The zero-order chi connectivity index (χ0) is 14.1. The van der Waals surface area contributed by atoms with Crippen molar-refractivity contribution in [1.29, 1.82) is 0 Å². The quantitative estimate of drug-likeness (QED) is 0.655. The van der Waals surface area contributed by atoms with Crippen LogP contribution in [0.15, 0.2) is 0 Å². The van der Waals surface area contributed by atoms with Gasteiger partial charge in [0.25, 0.3) is 6.43 Å². The van der Waals surface area contributed by atoms with Gasteiger partial charge in [-0.1, -0.05) is 6.92 Å². The fourth-order valence-corrected chi connectivity index (χ4v) is 2.69. The second kappa shape index (κ2) is 9.61. The fourth-order valence-electron chi connectivity index (χ4n) is 2.69. The molecule has 1 rings (SSSR count). The summed E-state index contributed by atoms with van der Waals surface area (Å²) in [6, 6.07) is 0.443. The Labute approximate surface area is 115 Å². The molecule has 0 spiro atoms. The molecule has 0 radical (unpaired) electrons.